The van der Waals surface area contributed by atoms with Crippen LogP contribution < -0.4 is 0 Å². The molecule has 0 aliphatic carbocycles. The molecule has 1 aromatic carbocycles. The Labute approximate surface area is 111 Å². The predicted molar refractivity (Wildman–Crippen MR) is 66.9 cm³/mol. The van der Waals surface area contributed by atoms with Crippen molar-refractivity contribution < 1.29 is 18.0 Å². The monoisotopic (exact) mass is 285 g/mol. The van der Waals surface area contributed by atoms with E-state index in [4.69, 9.17) is 0 Å². The Morgan fingerprint density at radius 3 is 2.63 bits per heavy atom. The Morgan fingerprint density at radius 2 is 2.00 bits per heavy atom. The van der Waals surface area contributed by atoms with E-state index in [1.165, 1.54) is 31.3 Å². The first kappa shape index (κ1) is 13.7. The minimum atomic E-state index is -4.41. The van der Waals surface area contributed by atoms with Gasteiger partial charge in [0.2, 0.25) is 0 Å². The van der Waals surface area contributed by atoms with Crippen molar-refractivity contribution in [3.63, 3.8) is 0 Å². The number of hydrogen-bond acceptors (Lipinski definition) is 3. The van der Waals surface area contributed by atoms with Crippen LogP contribution in [0.1, 0.15) is 17.4 Å². The van der Waals surface area contributed by atoms with Gasteiger partial charge in [0.1, 0.15) is 10.8 Å². The largest absolute Gasteiger partial charge is 0.417 e. The number of ketones is 1. The van der Waals surface area contributed by atoms with Crippen molar-refractivity contribution in [2.45, 2.75) is 19.5 Å². The number of nitrogens with zero attached hydrogens (tertiary/aromatic N) is 1. The minimum absolute atomic E-state index is 0.0423. The summed E-state index contributed by atoms with van der Waals surface area (Å²) in [6.45, 7) is 1.43. The number of carbonyl (C=O) groups excluding carboxylic acids is 1. The van der Waals surface area contributed by atoms with Crippen molar-refractivity contribution in [2.75, 3.05) is 0 Å². The third-order valence-electron chi connectivity index (χ3n) is 2.44. The Morgan fingerprint density at radius 1 is 1.32 bits per heavy atom. The third kappa shape index (κ3) is 3.20. The van der Waals surface area contributed by atoms with Gasteiger partial charge in [0, 0.05) is 23.1 Å². The van der Waals surface area contributed by atoms with E-state index in [9.17, 15) is 18.0 Å². The van der Waals surface area contributed by atoms with Gasteiger partial charge in [-0.1, -0.05) is 18.2 Å². The van der Waals surface area contributed by atoms with E-state index in [1.54, 1.807) is 0 Å². The Hall–Kier alpha value is -1.69. The molecule has 0 saturated carbocycles. The summed E-state index contributed by atoms with van der Waals surface area (Å²) in [6.07, 6.45) is -2.76. The number of carbonyl (C=O) groups is 1. The number of alkyl halides is 3. The molecule has 0 saturated heterocycles. The van der Waals surface area contributed by atoms with Crippen molar-refractivity contribution in [2.24, 2.45) is 0 Å². The number of Topliss-reactive ketones (excluding diaryl/α,β-unsaturated/α-hetero) is 1. The summed E-state index contributed by atoms with van der Waals surface area (Å²) in [6, 6.07) is 5.30. The molecule has 6 heteroatoms. The van der Waals surface area contributed by atoms with Crippen LogP contribution in [0.3, 0.4) is 0 Å². The molecule has 100 valence electrons. The number of hydrogen-bond donors (Lipinski definition) is 0. The maximum atomic E-state index is 12.9. The molecule has 0 spiro atoms. The lowest BCUT2D eigenvalue weighted by Gasteiger charge is -2.10. The van der Waals surface area contributed by atoms with E-state index in [-0.39, 0.29) is 22.8 Å². The zero-order valence-electron chi connectivity index (χ0n) is 9.99. The second-order valence-corrected chi connectivity index (χ2v) is 5.17. The summed E-state index contributed by atoms with van der Waals surface area (Å²) in [4.78, 5) is 15.6. The molecule has 0 amide bonds. The number of aromatic nitrogens is 1. The second-order valence-electron chi connectivity index (χ2n) is 4.05. The molecule has 2 aromatic rings. The molecule has 0 fully saturated rings. The lowest BCUT2D eigenvalue weighted by molar-refractivity contribution is -0.137. The van der Waals surface area contributed by atoms with Gasteiger partial charge in [-0.15, -0.1) is 11.3 Å². The molecule has 0 aliphatic rings. The molecule has 2 rings (SSSR count). The van der Waals surface area contributed by atoms with Gasteiger partial charge in [-0.05, 0) is 13.0 Å². The Balaban J connectivity index is 2.42. The van der Waals surface area contributed by atoms with Crippen molar-refractivity contribution in [1.82, 2.24) is 4.98 Å². The highest BCUT2D eigenvalue weighted by Crippen LogP contribution is 2.38. The SMILES string of the molecule is CC(=O)Cc1cnc(-c2ccccc2C(F)(F)F)s1. The quantitative estimate of drug-likeness (QED) is 0.854. The molecule has 0 atom stereocenters. The van der Waals surface area contributed by atoms with Crippen LogP contribution in [-0.4, -0.2) is 10.8 Å². The van der Waals surface area contributed by atoms with Gasteiger partial charge in [0.15, 0.2) is 0 Å². The second kappa shape index (κ2) is 5.13. The topological polar surface area (TPSA) is 30.0 Å². The van der Waals surface area contributed by atoms with Gasteiger partial charge in [0.05, 0.1) is 5.56 Å². The predicted octanol–water partition coefficient (Wildman–Crippen LogP) is 3.96. The average molecular weight is 285 g/mol. The van der Waals surface area contributed by atoms with Crippen LogP contribution in [0.5, 0.6) is 0 Å². The van der Waals surface area contributed by atoms with Crippen molar-refractivity contribution in [3.05, 3.63) is 40.9 Å². The molecule has 0 radical (unpaired) electrons. The number of halogens is 3. The van der Waals surface area contributed by atoms with Gasteiger partial charge in [-0.3, -0.25) is 4.79 Å². The molecule has 0 bridgehead atoms. The van der Waals surface area contributed by atoms with Crippen LogP contribution >= 0.6 is 11.3 Å². The normalized spacial score (nSPS) is 11.6. The minimum Gasteiger partial charge on any atom is -0.300 e. The molecule has 1 aromatic heterocycles. The van der Waals surface area contributed by atoms with E-state index in [1.807, 2.05) is 0 Å². The maximum Gasteiger partial charge on any atom is 0.417 e. The first-order valence-electron chi connectivity index (χ1n) is 5.48. The van der Waals surface area contributed by atoms with Crippen LogP contribution in [-0.2, 0) is 17.4 Å². The summed E-state index contributed by atoms with van der Waals surface area (Å²) in [5.41, 5.74) is -0.659. The standard InChI is InChI=1S/C13H10F3NOS/c1-8(18)6-9-7-17-12(19-9)10-4-2-3-5-11(10)13(14,15)16/h2-5,7H,6H2,1H3. The number of rotatable bonds is 3. The van der Waals surface area contributed by atoms with Crippen LogP contribution in [0.25, 0.3) is 10.6 Å². The first-order valence-corrected chi connectivity index (χ1v) is 6.30. The van der Waals surface area contributed by atoms with Crippen molar-refractivity contribution in [3.8, 4) is 10.6 Å². The molecule has 0 unspecified atom stereocenters. The lowest BCUT2D eigenvalue weighted by Crippen LogP contribution is -2.06. The smallest absolute Gasteiger partial charge is 0.300 e. The van der Waals surface area contributed by atoms with Crippen LogP contribution in [0.4, 0.5) is 13.2 Å². The number of thiazole rings is 1. The molecule has 0 aliphatic heterocycles. The molecule has 2 nitrogen and oxygen atoms in total. The fourth-order valence-electron chi connectivity index (χ4n) is 1.68. The summed E-state index contributed by atoms with van der Waals surface area (Å²) < 4.78 is 38.6. The lowest BCUT2D eigenvalue weighted by atomic mass is 10.1. The van der Waals surface area contributed by atoms with E-state index in [0.717, 1.165) is 17.4 Å². The third-order valence-corrected chi connectivity index (χ3v) is 3.47. The van der Waals surface area contributed by atoms with Gasteiger partial charge < -0.3 is 0 Å². The van der Waals surface area contributed by atoms with E-state index in [2.05, 4.69) is 4.98 Å². The number of benzene rings is 1. The van der Waals surface area contributed by atoms with E-state index < -0.39 is 11.7 Å². The fourth-order valence-corrected chi connectivity index (χ4v) is 2.70. The zero-order valence-corrected chi connectivity index (χ0v) is 10.8. The summed E-state index contributed by atoms with van der Waals surface area (Å²) in [5.74, 6) is -0.0423. The van der Waals surface area contributed by atoms with Crippen molar-refractivity contribution >= 4 is 17.1 Å². The van der Waals surface area contributed by atoms with Gasteiger partial charge in [-0.2, -0.15) is 13.2 Å². The summed E-state index contributed by atoms with van der Waals surface area (Å²) >= 11 is 1.11. The van der Waals surface area contributed by atoms with Gasteiger partial charge in [-0.25, -0.2) is 4.98 Å². The van der Waals surface area contributed by atoms with Crippen molar-refractivity contribution in [1.29, 1.82) is 0 Å². The molecular weight excluding hydrogens is 275 g/mol. The molecule has 0 N–H and O–H groups in total. The average Bonchev–Trinajstić information content (AvgIpc) is 2.75. The Bertz CT molecular complexity index is 604. The highest BCUT2D eigenvalue weighted by molar-refractivity contribution is 7.15. The fraction of sp³-hybridized carbons (Fsp3) is 0.231. The zero-order chi connectivity index (χ0) is 14.0. The summed E-state index contributed by atoms with van der Waals surface area (Å²) in [7, 11) is 0. The highest BCUT2D eigenvalue weighted by Gasteiger charge is 2.33. The van der Waals surface area contributed by atoms with Crippen LogP contribution in [0, 0.1) is 0 Å². The summed E-state index contributed by atoms with van der Waals surface area (Å²) in [5, 5.41) is 0.282. The first-order chi connectivity index (χ1) is 8.88. The van der Waals surface area contributed by atoms with Gasteiger partial charge >= 0.3 is 6.18 Å². The molecular formula is C13H10F3NOS. The van der Waals surface area contributed by atoms with Crippen LogP contribution in [0.15, 0.2) is 30.5 Å². The van der Waals surface area contributed by atoms with E-state index >= 15 is 0 Å². The van der Waals surface area contributed by atoms with Crippen LogP contribution in [0.2, 0.25) is 0 Å². The maximum absolute atomic E-state index is 12.9. The Kier molecular flexibility index (Phi) is 3.71. The molecule has 1 heterocycles. The molecule has 19 heavy (non-hydrogen) atoms. The highest BCUT2D eigenvalue weighted by atomic mass is 32.1. The van der Waals surface area contributed by atoms with E-state index in [0.29, 0.717) is 4.88 Å². The van der Waals surface area contributed by atoms with Gasteiger partial charge in [0.25, 0.3) is 0 Å².